The van der Waals surface area contributed by atoms with Crippen LogP contribution >= 0.6 is 0 Å². The van der Waals surface area contributed by atoms with Crippen molar-refractivity contribution < 1.29 is 5.11 Å². The molecule has 1 aromatic carbocycles. The van der Waals surface area contributed by atoms with Crippen molar-refractivity contribution in [1.82, 2.24) is 9.97 Å². The fourth-order valence-corrected chi connectivity index (χ4v) is 2.05. The summed E-state index contributed by atoms with van der Waals surface area (Å²) in [4.78, 5) is 8.61. The monoisotopic (exact) mass is 236 g/mol. The lowest BCUT2D eigenvalue weighted by Crippen LogP contribution is -1.90. The molecule has 0 atom stereocenters. The second kappa shape index (κ2) is 4.11. The minimum Gasteiger partial charge on any atom is -0.506 e. The van der Waals surface area contributed by atoms with Crippen molar-refractivity contribution in [3.8, 4) is 17.0 Å². The molecular formula is C15H12N2O. The van der Waals surface area contributed by atoms with Gasteiger partial charge in [-0.1, -0.05) is 24.3 Å². The lowest BCUT2D eigenvalue weighted by Gasteiger charge is -2.07. The maximum atomic E-state index is 9.96. The highest BCUT2D eigenvalue weighted by atomic mass is 16.3. The van der Waals surface area contributed by atoms with E-state index < -0.39 is 0 Å². The molecule has 0 unspecified atom stereocenters. The summed E-state index contributed by atoms with van der Waals surface area (Å²) in [5.41, 5.74) is 2.31. The van der Waals surface area contributed by atoms with E-state index in [9.17, 15) is 5.11 Å². The lowest BCUT2D eigenvalue weighted by atomic mass is 10.0. The van der Waals surface area contributed by atoms with E-state index >= 15 is 0 Å². The zero-order valence-electron chi connectivity index (χ0n) is 9.96. The maximum absolute atomic E-state index is 9.96. The number of aromatic nitrogens is 2. The SMILES string of the molecule is Cc1ccc(O)c(-c2cncc3ccccc23)n1. The normalized spacial score (nSPS) is 10.7. The molecule has 0 fully saturated rings. The fraction of sp³-hybridized carbons (Fsp3) is 0.0667. The Balaban J connectivity index is 2.35. The van der Waals surface area contributed by atoms with Crippen molar-refractivity contribution in [1.29, 1.82) is 0 Å². The summed E-state index contributed by atoms with van der Waals surface area (Å²) in [6.07, 6.45) is 3.55. The van der Waals surface area contributed by atoms with Crippen LogP contribution in [0.15, 0.2) is 48.8 Å². The van der Waals surface area contributed by atoms with Gasteiger partial charge in [-0.2, -0.15) is 0 Å². The van der Waals surface area contributed by atoms with E-state index in [0.29, 0.717) is 5.69 Å². The Morgan fingerprint density at radius 1 is 1.00 bits per heavy atom. The molecule has 88 valence electrons. The molecule has 2 aromatic heterocycles. The van der Waals surface area contributed by atoms with Crippen LogP contribution in [0.1, 0.15) is 5.69 Å². The maximum Gasteiger partial charge on any atom is 0.141 e. The fourth-order valence-electron chi connectivity index (χ4n) is 2.05. The highest BCUT2D eigenvalue weighted by Crippen LogP contribution is 2.31. The molecular weight excluding hydrogens is 224 g/mol. The molecule has 0 bridgehead atoms. The molecule has 3 nitrogen and oxygen atoms in total. The third kappa shape index (κ3) is 1.70. The van der Waals surface area contributed by atoms with Crippen LogP contribution in [-0.2, 0) is 0 Å². The smallest absolute Gasteiger partial charge is 0.141 e. The van der Waals surface area contributed by atoms with E-state index in [4.69, 9.17) is 0 Å². The molecule has 0 amide bonds. The highest BCUT2D eigenvalue weighted by Gasteiger charge is 2.10. The second-order valence-electron chi connectivity index (χ2n) is 4.23. The van der Waals surface area contributed by atoms with Gasteiger partial charge in [0, 0.05) is 29.0 Å². The van der Waals surface area contributed by atoms with E-state index in [1.807, 2.05) is 37.4 Å². The Labute approximate surface area is 105 Å². The summed E-state index contributed by atoms with van der Waals surface area (Å²) in [6.45, 7) is 1.90. The molecule has 0 saturated heterocycles. The van der Waals surface area contributed by atoms with Gasteiger partial charge in [0.15, 0.2) is 0 Å². The van der Waals surface area contributed by atoms with Crippen LogP contribution in [0.3, 0.4) is 0 Å². The molecule has 3 aromatic rings. The number of benzene rings is 1. The zero-order chi connectivity index (χ0) is 12.5. The molecule has 2 heterocycles. The second-order valence-corrected chi connectivity index (χ2v) is 4.23. The number of aryl methyl sites for hydroxylation is 1. The zero-order valence-corrected chi connectivity index (χ0v) is 9.96. The van der Waals surface area contributed by atoms with Crippen LogP contribution in [0.25, 0.3) is 22.0 Å². The third-order valence-corrected chi connectivity index (χ3v) is 2.94. The van der Waals surface area contributed by atoms with Gasteiger partial charge in [0.05, 0.1) is 0 Å². The molecule has 18 heavy (non-hydrogen) atoms. The van der Waals surface area contributed by atoms with Gasteiger partial charge in [-0.3, -0.25) is 4.98 Å². The van der Waals surface area contributed by atoms with Gasteiger partial charge < -0.3 is 5.11 Å². The van der Waals surface area contributed by atoms with E-state index in [1.54, 1.807) is 18.3 Å². The van der Waals surface area contributed by atoms with E-state index in [2.05, 4.69) is 9.97 Å². The molecule has 1 N–H and O–H groups in total. The number of hydrogen-bond acceptors (Lipinski definition) is 3. The standard InChI is InChI=1S/C15H12N2O/c1-10-6-7-14(18)15(17-10)13-9-16-8-11-4-2-3-5-12(11)13/h2-9,18H,1H3. The first kappa shape index (κ1) is 10.7. The minimum atomic E-state index is 0.179. The van der Waals surface area contributed by atoms with Gasteiger partial charge >= 0.3 is 0 Å². The largest absolute Gasteiger partial charge is 0.506 e. The predicted molar refractivity (Wildman–Crippen MR) is 71.4 cm³/mol. The third-order valence-electron chi connectivity index (χ3n) is 2.94. The predicted octanol–water partition coefficient (Wildman–Crippen LogP) is 3.31. The van der Waals surface area contributed by atoms with Crippen molar-refractivity contribution >= 4 is 10.8 Å². The summed E-state index contributed by atoms with van der Waals surface area (Å²) >= 11 is 0. The molecule has 0 aliphatic heterocycles. The molecule has 0 aliphatic rings. The molecule has 3 rings (SSSR count). The Hall–Kier alpha value is -2.42. The van der Waals surface area contributed by atoms with Crippen LogP contribution in [0.4, 0.5) is 0 Å². The number of pyridine rings is 2. The van der Waals surface area contributed by atoms with Crippen LogP contribution in [0.2, 0.25) is 0 Å². The van der Waals surface area contributed by atoms with Crippen LogP contribution < -0.4 is 0 Å². The van der Waals surface area contributed by atoms with Gasteiger partial charge in [-0.25, -0.2) is 4.98 Å². The van der Waals surface area contributed by atoms with Crippen molar-refractivity contribution in [3.63, 3.8) is 0 Å². The van der Waals surface area contributed by atoms with E-state index in [-0.39, 0.29) is 5.75 Å². The van der Waals surface area contributed by atoms with Gasteiger partial charge in [0.1, 0.15) is 11.4 Å². The summed E-state index contributed by atoms with van der Waals surface area (Å²) in [7, 11) is 0. The number of nitrogens with zero attached hydrogens (tertiary/aromatic N) is 2. The summed E-state index contributed by atoms with van der Waals surface area (Å²) in [5, 5.41) is 12.0. The van der Waals surface area contributed by atoms with E-state index in [0.717, 1.165) is 22.0 Å². The van der Waals surface area contributed by atoms with E-state index in [1.165, 1.54) is 0 Å². The molecule has 0 radical (unpaired) electrons. The minimum absolute atomic E-state index is 0.179. The van der Waals surface area contributed by atoms with Crippen molar-refractivity contribution in [3.05, 3.63) is 54.5 Å². The van der Waals surface area contributed by atoms with Gasteiger partial charge in [0.2, 0.25) is 0 Å². The summed E-state index contributed by atoms with van der Waals surface area (Å²) < 4.78 is 0. The lowest BCUT2D eigenvalue weighted by molar-refractivity contribution is 0.475. The Kier molecular flexibility index (Phi) is 2.45. The number of aromatic hydroxyl groups is 1. The average Bonchev–Trinajstić information content (AvgIpc) is 2.41. The first-order valence-electron chi connectivity index (χ1n) is 5.75. The summed E-state index contributed by atoms with van der Waals surface area (Å²) in [6, 6.07) is 11.4. The Morgan fingerprint density at radius 2 is 1.83 bits per heavy atom. The van der Waals surface area contributed by atoms with Gasteiger partial charge in [0.25, 0.3) is 0 Å². The number of rotatable bonds is 1. The summed E-state index contributed by atoms with van der Waals surface area (Å²) in [5.74, 6) is 0.179. The quantitative estimate of drug-likeness (QED) is 0.705. The van der Waals surface area contributed by atoms with Crippen molar-refractivity contribution in [2.45, 2.75) is 6.92 Å². The Morgan fingerprint density at radius 3 is 2.72 bits per heavy atom. The molecule has 0 aliphatic carbocycles. The molecule has 0 saturated carbocycles. The van der Waals surface area contributed by atoms with Crippen molar-refractivity contribution in [2.75, 3.05) is 0 Å². The van der Waals surface area contributed by atoms with Crippen molar-refractivity contribution in [2.24, 2.45) is 0 Å². The average molecular weight is 236 g/mol. The highest BCUT2D eigenvalue weighted by molar-refractivity contribution is 5.95. The number of fused-ring (bicyclic) bond motifs is 1. The Bertz CT molecular complexity index is 717. The first-order valence-corrected chi connectivity index (χ1v) is 5.75. The number of hydrogen-bond donors (Lipinski definition) is 1. The van der Waals surface area contributed by atoms with Crippen LogP contribution in [0.5, 0.6) is 5.75 Å². The van der Waals surface area contributed by atoms with Crippen LogP contribution in [-0.4, -0.2) is 15.1 Å². The molecule has 3 heteroatoms. The molecule has 0 spiro atoms. The van der Waals surface area contributed by atoms with Gasteiger partial charge in [-0.05, 0) is 24.4 Å². The first-order chi connectivity index (χ1) is 8.75. The topological polar surface area (TPSA) is 46.0 Å². The van der Waals surface area contributed by atoms with Gasteiger partial charge in [-0.15, -0.1) is 0 Å². The van der Waals surface area contributed by atoms with Crippen LogP contribution in [0, 0.1) is 6.92 Å².